The minimum Gasteiger partial charge on any atom is -0.508 e. The number of benzene rings is 1. The molecule has 1 fully saturated rings. The van der Waals surface area contributed by atoms with E-state index in [1.165, 1.54) is 11.1 Å². The summed E-state index contributed by atoms with van der Waals surface area (Å²) in [5.41, 5.74) is 3.05. The first kappa shape index (κ1) is 14.7. The third-order valence-electron chi connectivity index (χ3n) is 4.96. The van der Waals surface area contributed by atoms with Crippen LogP contribution in [0.3, 0.4) is 0 Å². The summed E-state index contributed by atoms with van der Waals surface area (Å²) in [6.45, 7) is 2.87. The second-order valence-electron chi connectivity index (χ2n) is 6.78. The smallest absolute Gasteiger partial charge is 0.115 e. The van der Waals surface area contributed by atoms with Gasteiger partial charge in [0.15, 0.2) is 0 Å². The Balaban J connectivity index is 1.73. The number of hydrogen-bond donors (Lipinski definition) is 2. The largest absolute Gasteiger partial charge is 0.508 e. The van der Waals surface area contributed by atoms with Crippen LogP contribution in [0.5, 0.6) is 5.75 Å². The maximum absolute atomic E-state index is 9.79. The Morgan fingerprint density at radius 2 is 2.26 bits per heavy atom. The lowest BCUT2D eigenvalue weighted by atomic mass is 9.75. The number of nitrogens with zero attached hydrogens (tertiary/aromatic N) is 3. The molecule has 6 heteroatoms. The van der Waals surface area contributed by atoms with Crippen molar-refractivity contribution in [1.82, 2.24) is 20.3 Å². The number of ether oxygens (including phenoxy) is 1. The summed E-state index contributed by atoms with van der Waals surface area (Å²) in [7, 11) is 1.88. The van der Waals surface area contributed by atoms with Gasteiger partial charge in [-0.15, -0.1) is 5.10 Å². The lowest BCUT2D eigenvalue weighted by Crippen LogP contribution is -2.50. The van der Waals surface area contributed by atoms with Crippen LogP contribution >= 0.6 is 0 Å². The number of hydrogen-bond acceptors (Lipinski definition) is 5. The van der Waals surface area contributed by atoms with Crippen molar-refractivity contribution in [2.45, 2.75) is 43.9 Å². The molecule has 0 unspecified atom stereocenters. The molecule has 1 aromatic carbocycles. The van der Waals surface area contributed by atoms with Gasteiger partial charge in [0, 0.05) is 25.7 Å². The van der Waals surface area contributed by atoms with Crippen LogP contribution in [0.1, 0.15) is 42.6 Å². The first-order chi connectivity index (χ1) is 11.1. The molecule has 4 rings (SSSR count). The van der Waals surface area contributed by atoms with Gasteiger partial charge in [-0.25, -0.2) is 0 Å². The predicted octanol–water partition coefficient (Wildman–Crippen LogP) is 1.80. The number of rotatable bonds is 1. The van der Waals surface area contributed by atoms with Crippen LogP contribution in [0.4, 0.5) is 0 Å². The monoisotopic (exact) mass is 314 g/mol. The number of piperidine rings is 1. The second-order valence-corrected chi connectivity index (χ2v) is 6.78. The first-order valence-electron chi connectivity index (χ1n) is 8.14. The van der Waals surface area contributed by atoms with Crippen molar-refractivity contribution in [1.29, 1.82) is 0 Å². The molecule has 1 saturated heterocycles. The summed E-state index contributed by atoms with van der Waals surface area (Å²) in [6, 6.07) is 6.10. The quantitative estimate of drug-likeness (QED) is 0.840. The van der Waals surface area contributed by atoms with Gasteiger partial charge < -0.3 is 15.2 Å². The van der Waals surface area contributed by atoms with E-state index in [9.17, 15) is 5.11 Å². The molecule has 0 saturated carbocycles. The SMILES string of the molecule is C[C@H]1C[C@@]2(C[C@@H](c3cn(C)nn3)N1)OCCc1cc(O)ccc12. The highest BCUT2D eigenvalue weighted by atomic mass is 16.5. The van der Waals surface area contributed by atoms with Gasteiger partial charge in [-0.1, -0.05) is 11.3 Å². The molecule has 2 aromatic rings. The van der Waals surface area contributed by atoms with Crippen molar-refractivity contribution in [2.75, 3.05) is 6.61 Å². The molecule has 6 nitrogen and oxygen atoms in total. The molecule has 2 N–H and O–H groups in total. The Labute approximate surface area is 135 Å². The van der Waals surface area contributed by atoms with E-state index in [4.69, 9.17) is 4.74 Å². The maximum Gasteiger partial charge on any atom is 0.115 e. The highest BCUT2D eigenvalue weighted by molar-refractivity contribution is 5.41. The molecule has 1 aromatic heterocycles. The molecular formula is C17H22N4O2. The summed E-state index contributed by atoms with van der Waals surface area (Å²) in [5.74, 6) is 0.327. The van der Waals surface area contributed by atoms with E-state index in [0.29, 0.717) is 18.4 Å². The molecule has 2 aliphatic rings. The molecular weight excluding hydrogens is 292 g/mol. The van der Waals surface area contributed by atoms with Crippen LogP contribution in [0.15, 0.2) is 24.4 Å². The fraction of sp³-hybridized carbons (Fsp3) is 0.529. The summed E-state index contributed by atoms with van der Waals surface area (Å²) in [4.78, 5) is 0. The average Bonchev–Trinajstić information content (AvgIpc) is 2.93. The lowest BCUT2D eigenvalue weighted by molar-refractivity contribution is -0.0987. The van der Waals surface area contributed by atoms with Crippen molar-refractivity contribution in [3.63, 3.8) is 0 Å². The van der Waals surface area contributed by atoms with Crippen LogP contribution < -0.4 is 5.32 Å². The zero-order chi connectivity index (χ0) is 16.0. The van der Waals surface area contributed by atoms with Gasteiger partial charge in [0.1, 0.15) is 5.75 Å². The van der Waals surface area contributed by atoms with E-state index < -0.39 is 0 Å². The molecule has 2 aliphatic heterocycles. The lowest BCUT2D eigenvalue weighted by Gasteiger charge is -2.47. The minimum atomic E-state index is -0.311. The van der Waals surface area contributed by atoms with Crippen LogP contribution in [0.25, 0.3) is 0 Å². The Hall–Kier alpha value is -1.92. The number of nitrogens with one attached hydrogen (secondary N) is 1. The van der Waals surface area contributed by atoms with Crippen molar-refractivity contribution in [3.05, 3.63) is 41.2 Å². The van der Waals surface area contributed by atoms with Crippen LogP contribution in [-0.4, -0.2) is 32.7 Å². The van der Waals surface area contributed by atoms with E-state index in [-0.39, 0.29) is 11.6 Å². The number of phenols is 1. The van der Waals surface area contributed by atoms with E-state index >= 15 is 0 Å². The maximum atomic E-state index is 9.79. The van der Waals surface area contributed by atoms with Gasteiger partial charge >= 0.3 is 0 Å². The number of phenolic OH excluding ortho intramolecular Hbond substituents is 1. The third-order valence-corrected chi connectivity index (χ3v) is 4.96. The molecule has 0 radical (unpaired) electrons. The molecule has 0 aliphatic carbocycles. The van der Waals surface area contributed by atoms with Gasteiger partial charge in [-0.05, 0) is 43.0 Å². The fourth-order valence-corrected chi connectivity index (χ4v) is 4.09. The zero-order valence-electron chi connectivity index (χ0n) is 13.5. The highest BCUT2D eigenvalue weighted by Gasteiger charge is 2.45. The Morgan fingerprint density at radius 3 is 3.04 bits per heavy atom. The normalized spacial score (nSPS) is 30.3. The molecule has 0 amide bonds. The summed E-state index contributed by atoms with van der Waals surface area (Å²) in [5, 5.41) is 21.7. The number of aryl methyl sites for hydroxylation is 1. The van der Waals surface area contributed by atoms with Gasteiger partial charge in [0.05, 0.1) is 23.9 Å². The van der Waals surface area contributed by atoms with Crippen LogP contribution in [0, 0.1) is 0 Å². The van der Waals surface area contributed by atoms with Gasteiger partial charge in [-0.2, -0.15) is 0 Å². The third kappa shape index (κ3) is 2.52. The first-order valence-corrected chi connectivity index (χ1v) is 8.14. The van der Waals surface area contributed by atoms with Crippen molar-refractivity contribution in [2.24, 2.45) is 7.05 Å². The van der Waals surface area contributed by atoms with E-state index in [1.807, 2.05) is 25.4 Å². The summed E-state index contributed by atoms with van der Waals surface area (Å²) in [6.07, 6.45) is 4.56. The van der Waals surface area contributed by atoms with Gasteiger partial charge in [0.25, 0.3) is 0 Å². The van der Waals surface area contributed by atoms with Gasteiger partial charge in [0.2, 0.25) is 0 Å². The highest BCUT2D eigenvalue weighted by Crippen LogP contribution is 2.46. The summed E-state index contributed by atoms with van der Waals surface area (Å²) < 4.78 is 8.06. The summed E-state index contributed by atoms with van der Waals surface area (Å²) >= 11 is 0. The van der Waals surface area contributed by atoms with Crippen molar-refractivity contribution >= 4 is 0 Å². The Kier molecular flexibility index (Phi) is 3.39. The molecule has 3 atom stereocenters. The minimum absolute atomic E-state index is 0.118. The standard InChI is InChI=1S/C17H22N4O2/c1-11-8-17(9-15(18-11)16-10-21(2)20-19-16)14-4-3-13(22)7-12(14)5-6-23-17/h3-4,7,10-11,15,18,22H,5-6,8-9H2,1-2H3/t11-,15-,17-/m0/s1. The predicted molar refractivity (Wildman–Crippen MR) is 85.0 cm³/mol. The Morgan fingerprint density at radius 1 is 1.39 bits per heavy atom. The second kappa shape index (κ2) is 5.32. The number of fused-ring (bicyclic) bond motifs is 2. The molecule has 1 spiro atoms. The van der Waals surface area contributed by atoms with E-state index in [0.717, 1.165) is 25.0 Å². The van der Waals surface area contributed by atoms with E-state index in [2.05, 4.69) is 22.6 Å². The molecule has 0 bridgehead atoms. The van der Waals surface area contributed by atoms with Gasteiger partial charge in [-0.3, -0.25) is 4.68 Å². The fourth-order valence-electron chi connectivity index (χ4n) is 4.09. The van der Waals surface area contributed by atoms with Crippen molar-refractivity contribution in [3.8, 4) is 5.75 Å². The number of aromatic nitrogens is 3. The zero-order valence-corrected chi connectivity index (χ0v) is 13.5. The van der Waals surface area contributed by atoms with E-state index in [1.54, 1.807) is 10.7 Å². The topological polar surface area (TPSA) is 72.2 Å². The van der Waals surface area contributed by atoms with Crippen LogP contribution in [-0.2, 0) is 23.8 Å². The molecule has 23 heavy (non-hydrogen) atoms. The average molecular weight is 314 g/mol. The Bertz CT molecular complexity index is 729. The number of aromatic hydroxyl groups is 1. The van der Waals surface area contributed by atoms with Crippen LogP contribution in [0.2, 0.25) is 0 Å². The molecule has 122 valence electrons. The van der Waals surface area contributed by atoms with Crippen molar-refractivity contribution < 1.29 is 9.84 Å². The molecule has 3 heterocycles.